The number of hydrogen-bond acceptors (Lipinski definition) is 8. The van der Waals surface area contributed by atoms with Gasteiger partial charge in [-0.15, -0.1) is 5.10 Å². The predicted octanol–water partition coefficient (Wildman–Crippen LogP) is 4.35. The van der Waals surface area contributed by atoms with E-state index in [9.17, 15) is 0 Å². The SMILES string of the molecule is Cc1ccc(Nc2nc(N)nc(CSc3n[nH]c(-c4ccccc4Br)n3)n2)cc1. The van der Waals surface area contributed by atoms with Gasteiger partial charge >= 0.3 is 0 Å². The van der Waals surface area contributed by atoms with Crippen molar-refractivity contribution in [2.75, 3.05) is 11.1 Å². The molecule has 0 aliphatic heterocycles. The second-order valence-electron chi connectivity index (χ2n) is 6.16. The summed E-state index contributed by atoms with van der Waals surface area (Å²) in [7, 11) is 0. The number of anilines is 3. The van der Waals surface area contributed by atoms with E-state index in [1.54, 1.807) is 0 Å². The third-order valence-electron chi connectivity index (χ3n) is 3.93. The first-order valence-electron chi connectivity index (χ1n) is 8.71. The highest BCUT2D eigenvalue weighted by molar-refractivity contribution is 9.10. The molecule has 10 heteroatoms. The Morgan fingerprint density at radius 2 is 1.83 bits per heavy atom. The van der Waals surface area contributed by atoms with Gasteiger partial charge in [0.2, 0.25) is 17.1 Å². The van der Waals surface area contributed by atoms with Gasteiger partial charge in [-0.3, -0.25) is 5.10 Å². The fourth-order valence-corrected chi connectivity index (χ4v) is 3.66. The number of nitrogens with one attached hydrogen (secondary N) is 2. The van der Waals surface area contributed by atoms with Crippen LogP contribution in [0.2, 0.25) is 0 Å². The smallest absolute Gasteiger partial charge is 0.232 e. The second-order valence-corrected chi connectivity index (χ2v) is 7.96. The van der Waals surface area contributed by atoms with E-state index in [1.165, 1.54) is 17.3 Å². The summed E-state index contributed by atoms with van der Waals surface area (Å²) >= 11 is 4.94. The fourth-order valence-electron chi connectivity index (χ4n) is 2.54. The van der Waals surface area contributed by atoms with Crippen molar-refractivity contribution in [3.8, 4) is 11.4 Å². The van der Waals surface area contributed by atoms with Crippen LogP contribution in [0.1, 0.15) is 11.4 Å². The molecule has 2 heterocycles. The van der Waals surface area contributed by atoms with E-state index in [1.807, 2.05) is 55.5 Å². The summed E-state index contributed by atoms with van der Waals surface area (Å²) in [6.07, 6.45) is 0. The van der Waals surface area contributed by atoms with Crippen molar-refractivity contribution in [2.24, 2.45) is 0 Å². The van der Waals surface area contributed by atoms with Crippen molar-refractivity contribution in [3.63, 3.8) is 0 Å². The number of aromatic amines is 1. The van der Waals surface area contributed by atoms with E-state index in [2.05, 4.69) is 51.4 Å². The summed E-state index contributed by atoms with van der Waals surface area (Å²) in [4.78, 5) is 17.3. The number of nitrogens with zero attached hydrogens (tertiary/aromatic N) is 5. The average Bonchev–Trinajstić information content (AvgIpc) is 3.17. The molecule has 2 aromatic heterocycles. The molecule has 29 heavy (non-hydrogen) atoms. The molecule has 0 fully saturated rings. The highest BCUT2D eigenvalue weighted by Crippen LogP contribution is 2.27. The second kappa shape index (κ2) is 8.58. The lowest BCUT2D eigenvalue weighted by molar-refractivity contribution is 0.955. The molecule has 8 nitrogen and oxygen atoms in total. The molecule has 4 N–H and O–H groups in total. The van der Waals surface area contributed by atoms with E-state index in [4.69, 9.17) is 5.73 Å². The number of nitrogens with two attached hydrogens (primary N) is 1. The number of aryl methyl sites for hydroxylation is 1. The lowest BCUT2D eigenvalue weighted by Gasteiger charge is -2.07. The Morgan fingerprint density at radius 3 is 2.62 bits per heavy atom. The molecule has 4 rings (SSSR count). The van der Waals surface area contributed by atoms with Crippen LogP contribution in [0.4, 0.5) is 17.6 Å². The van der Waals surface area contributed by atoms with Crippen molar-refractivity contribution in [2.45, 2.75) is 17.8 Å². The minimum atomic E-state index is 0.161. The minimum absolute atomic E-state index is 0.161. The lowest BCUT2D eigenvalue weighted by Crippen LogP contribution is -2.06. The van der Waals surface area contributed by atoms with E-state index >= 15 is 0 Å². The summed E-state index contributed by atoms with van der Waals surface area (Å²) in [5, 5.41) is 11.0. The van der Waals surface area contributed by atoms with E-state index in [-0.39, 0.29) is 5.95 Å². The highest BCUT2D eigenvalue weighted by Gasteiger charge is 2.11. The topological polar surface area (TPSA) is 118 Å². The molecule has 0 amide bonds. The van der Waals surface area contributed by atoms with Crippen LogP contribution in [-0.4, -0.2) is 30.1 Å². The molecule has 0 saturated heterocycles. The summed E-state index contributed by atoms with van der Waals surface area (Å²) in [5.74, 6) is 2.26. The Balaban J connectivity index is 1.45. The first kappa shape index (κ1) is 19.3. The van der Waals surface area contributed by atoms with Gasteiger partial charge in [0.25, 0.3) is 0 Å². The van der Waals surface area contributed by atoms with E-state index in [0.29, 0.717) is 28.5 Å². The van der Waals surface area contributed by atoms with Crippen LogP contribution in [0.25, 0.3) is 11.4 Å². The molecular formula is C19H17BrN8S. The molecule has 0 atom stereocenters. The van der Waals surface area contributed by atoms with Crippen LogP contribution in [0.3, 0.4) is 0 Å². The van der Waals surface area contributed by atoms with Gasteiger partial charge in [-0.05, 0) is 25.1 Å². The van der Waals surface area contributed by atoms with Gasteiger partial charge in [-0.1, -0.05) is 63.6 Å². The maximum atomic E-state index is 5.85. The Bertz CT molecular complexity index is 1130. The van der Waals surface area contributed by atoms with Gasteiger partial charge in [0.1, 0.15) is 5.82 Å². The Hall–Kier alpha value is -2.98. The molecule has 2 aromatic carbocycles. The molecule has 4 aromatic rings. The van der Waals surface area contributed by atoms with Crippen LogP contribution < -0.4 is 11.1 Å². The normalized spacial score (nSPS) is 10.8. The Kier molecular flexibility index (Phi) is 5.72. The zero-order chi connectivity index (χ0) is 20.2. The molecule has 0 aliphatic rings. The molecule has 0 unspecified atom stereocenters. The monoisotopic (exact) mass is 468 g/mol. The van der Waals surface area contributed by atoms with Crippen LogP contribution in [0, 0.1) is 6.92 Å². The third-order valence-corrected chi connectivity index (χ3v) is 5.47. The third kappa shape index (κ3) is 4.90. The number of aromatic nitrogens is 6. The zero-order valence-corrected chi connectivity index (χ0v) is 17.8. The summed E-state index contributed by atoms with van der Waals surface area (Å²) in [5.41, 5.74) is 8.85. The average molecular weight is 469 g/mol. The van der Waals surface area contributed by atoms with Gasteiger partial charge in [-0.25, -0.2) is 4.98 Å². The van der Waals surface area contributed by atoms with Crippen LogP contribution in [0.15, 0.2) is 58.2 Å². The Morgan fingerprint density at radius 1 is 1.03 bits per heavy atom. The fraction of sp³-hybridized carbons (Fsp3) is 0.105. The van der Waals surface area contributed by atoms with E-state index in [0.717, 1.165) is 15.7 Å². The standard InChI is InChI=1S/C19H17BrN8S/c1-11-6-8-12(9-7-11)22-18-24-15(23-17(21)26-18)10-29-19-25-16(27-28-19)13-4-2-3-5-14(13)20/h2-9H,10H2,1H3,(H,25,27,28)(H3,21,22,23,24,26). The van der Waals surface area contributed by atoms with Crippen molar-refractivity contribution < 1.29 is 0 Å². The molecule has 146 valence electrons. The number of rotatable bonds is 6. The number of thioether (sulfide) groups is 1. The van der Waals surface area contributed by atoms with Gasteiger partial charge in [0, 0.05) is 15.7 Å². The number of nitrogen functional groups attached to an aromatic ring is 1. The maximum Gasteiger partial charge on any atom is 0.232 e. The van der Waals surface area contributed by atoms with Crippen molar-refractivity contribution in [1.29, 1.82) is 0 Å². The number of H-pyrrole nitrogens is 1. The summed E-state index contributed by atoms with van der Waals surface area (Å²) in [6, 6.07) is 15.8. The maximum absolute atomic E-state index is 5.85. The van der Waals surface area contributed by atoms with Crippen LogP contribution >= 0.6 is 27.7 Å². The lowest BCUT2D eigenvalue weighted by atomic mass is 10.2. The van der Waals surface area contributed by atoms with Gasteiger partial charge in [0.05, 0.1) is 5.75 Å². The number of halogens is 1. The summed E-state index contributed by atoms with van der Waals surface area (Å²) < 4.78 is 0.949. The van der Waals surface area contributed by atoms with Crippen molar-refractivity contribution in [1.82, 2.24) is 30.1 Å². The van der Waals surface area contributed by atoms with Gasteiger partial charge in [-0.2, -0.15) is 15.0 Å². The van der Waals surface area contributed by atoms with Crippen molar-refractivity contribution >= 4 is 45.3 Å². The molecule has 0 radical (unpaired) electrons. The van der Waals surface area contributed by atoms with Gasteiger partial charge in [0.15, 0.2) is 5.82 Å². The molecule has 0 saturated carbocycles. The molecule has 0 bridgehead atoms. The Labute approximate surface area is 179 Å². The van der Waals surface area contributed by atoms with Crippen LogP contribution in [0.5, 0.6) is 0 Å². The summed E-state index contributed by atoms with van der Waals surface area (Å²) in [6.45, 7) is 2.03. The predicted molar refractivity (Wildman–Crippen MR) is 118 cm³/mol. The van der Waals surface area contributed by atoms with Crippen LogP contribution in [-0.2, 0) is 5.75 Å². The van der Waals surface area contributed by atoms with Crippen molar-refractivity contribution in [3.05, 3.63) is 64.4 Å². The molecule has 0 spiro atoms. The van der Waals surface area contributed by atoms with E-state index < -0.39 is 0 Å². The largest absolute Gasteiger partial charge is 0.368 e. The first-order valence-corrected chi connectivity index (χ1v) is 10.5. The van der Waals surface area contributed by atoms with Gasteiger partial charge < -0.3 is 11.1 Å². The highest BCUT2D eigenvalue weighted by atomic mass is 79.9. The zero-order valence-electron chi connectivity index (χ0n) is 15.4. The first-order chi connectivity index (χ1) is 14.1. The molecular weight excluding hydrogens is 452 g/mol. The number of benzene rings is 2. The molecule has 0 aliphatic carbocycles. The minimum Gasteiger partial charge on any atom is -0.368 e. The quantitative estimate of drug-likeness (QED) is 0.357. The number of hydrogen-bond donors (Lipinski definition) is 3.